The van der Waals surface area contributed by atoms with Gasteiger partial charge in [0.05, 0.1) is 18.1 Å². The largest absolute Gasteiger partial charge is 0.467 e. The van der Waals surface area contributed by atoms with Crippen LogP contribution in [0.4, 0.5) is 5.69 Å². The Morgan fingerprint density at radius 1 is 1.20 bits per heavy atom. The van der Waals surface area contributed by atoms with Gasteiger partial charge in [-0.15, -0.1) is 0 Å². The highest BCUT2D eigenvalue weighted by Gasteiger charge is 2.49. The third kappa shape index (κ3) is 4.56. The normalized spacial score (nSPS) is 19.7. The summed E-state index contributed by atoms with van der Waals surface area (Å²) in [6.07, 6.45) is -0.0377. The van der Waals surface area contributed by atoms with Crippen molar-refractivity contribution in [2.45, 2.75) is 71.3 Å². The number of rotatable bonds is 5. The highest BCUT2D eigenvalue weighted by atomic mass is 28.4. The third-order valence-electron chi connectivity index (χ3n) is 6.34. The molecule has 166 valence electrons. The molecular formula is C21H32N2O6Si. The SMILES string of the molecule is COC(=O)[C@@H]1[C@@H](O[Si](C)(C)C(C)(C)C)CCN1C(=O)c1cc(C)c(C)cc1[N+](=O)[O-]. The first-order chi connectivity index (χ1) is 13.7. The van der Waals surface area contributed by atoms with Gasteiger partial charge in [-0.2, -0.15) is 0 Å². The molecule has 8 nitrogen and oxygen atoms in total. The lowest BCUT2D eigenvalue weighted by atomic mass is 10.0. The van der Waals surface area contributed by atoms with E-state index in [4.69, 9.17) is 9.16 Å². The van der Waals surface area contributed by atoms with E-state index in [1.807, 2.05) is 0 Å². The van der Waals surface area contributed by atoms with Crippen molar-refractivity contribution < 1.29 is 23.7 Å². The van der Waals surface area contributed by atoms with E-state index in [9.17, 15) is 19.7 Å². The van der Waals surface area contributed by atoms with Gasteiger partial charge >= 0.3 is 5.97 Å². The summed E-state index contributed by atoms with van der Waals surface area (Å²) >= 11 is 0. The summed E-state index contributed by atoms with van der Waals surface area (Å²) in [5.74, 6) is -1.13. The fourth-order valence-corrected chi connectivity index (χ4v) is 4.71. The Hall–Kier alpha value is -2.26. The van der Waals surface area contributed by atoms with Crippen LogP contribution in [0.25, 0.3) is 0 Å². The molecule has 0 saturated carbocycles. The molecule has 30 heavy (non-hydrogen) atoms. The van der Waals surface area contributed by atoms with Gasteiger partial charge in [0.15, 0.2) is 14.4 Å². The second-order valence-corrected chi connectivity index (χ2v) is 14.1. The molecule has 1 aliphatic rings. The van der Waals surface area contributed by atoms with E-state index in [1.165, 1.54) is 24.1 Å². The molecule has 1 aromatic rings. The first-order valence-corrected chi connectivity index (χ1v) is 12.9. The van der Waals surface area contributed by atoms with Crippen LogP contribution in [0.5, 0.6) is 0 Å². The van der Waals surface area contributed by atoms with Gasteiger partial charge in [0.25, 0.3) is 11.6 Å². The zero-order chi connectivity index (χ0) is 23.0. The molecule has 2 rings (SSSR count). The summed E-state index contributed by atoms with van der Waals surface area (Å²) in [6.45, 7) is 14.3. The number of methoxy groups -OCH3 is 1. The molecule has 1 heterocycles. The number of hydrogen-bond donors (Lipinski definition) is 0. The van der Waals surface area contributed by atoms with Gasteiger partial charge in [-0.05, 0) is 55.6 Å². The van der Waals surface area contributed by atoms with Crippen molar-refractivity contribution in [3.8, 4) is 0 Å². The molecule has 1 aromatic carbocycles. The molecule has 0 bridgehead atoms. The number of carbonyl (C=O) groups excluding carboxylic acids is 2. The van der Waals surface area contributed by atoms with Crippen molar-refractivity contribution in [2.24, 2.45) is 0 Å². The number of aryl methyl sites for hydroxylation is 2. The highest BCUT2D eigenvalue weighted by molar-refractivity contribution is 6.74. The molecule has 0 unspecified atom stereocenters. The Kier molecular flexibility index (Phi) is 6.78. The van der Waals surface area contributed by atoms with Gasteiger partial charge in [-0.25, -0.2) is 4.79 Å². The second kappa shape index (κ2) is 8.47. The predicted octanol–water partition coefficient (Wildman–Crippen LogP) is 3.99. The van der Waals surface area contributed by atoms with Crippen molar-refractivity contribution in [3.63, 3.8) is 0 Å². The van der Waals surface area contributed by atoms with Crippen LogP contribution in [-0.2, 0) is 14.0 Å². The molecule has 2 atom stereocenters. The van der Waals surface area contributed by atoms with Crippen molar-refractivity contribution >= 4 is 25.9 Å². The molecule has 1 fully saturated rings. The number of carbonyl (C=O) groups is 2. The Morgan fingerprint density at radius 2 is 1.77 bits per heavy atom. The summed E-state index contributed by atoms with van der Waals surface area (Å²) in [4.78, 5) is 38.3. The van der Waals surface area contributed by atoms with Crippen LogP contribution in [0.1, 0.15) is 48.7 Å². The number of amides is 1. The fraction of sp³-hybridized carbons (Fsp3) is 0.619. The number of nitro benzene ring substituents is 1. The number of nitrogens with zero attached hydrogens (tertiary/aromatic N) is 2. The molecule has 1 amide bonds. The summed E-state index contributed by atoms with van der Waals surface area (Å²) in [7, 11) is -0.944. The molecule has 9 heteroatoms. The van der Waals surface area contributed by atoms with Crippen LogP contribution >= 0.6 is 0 Å². The van der Waals surface area contributed by atoms with Crippen molar-refractivity contribution in [2.75, 3.05) is 13.7 Å². The monoisotopic (exact) mass is 436 g/mol. The Balaban J connectivity index is 2.44. The lowest BCUT2D eigenvalue weighted by Gasteiger charge is -2.39. The van der Waals surface area contributed by atoms with Gasteiger partial charge in [-0.1, -0.05) is 20.8 Å². The van der Waals surface area contributed by atoms with E-state index < -0.39 is 37.3 Å². The summed E-state index contributed by atoms with van der Waals surface area (Å²) in [6, 6.07) is 1.99. The van der Waals surface area contributed by atoms with Crippen LogP contribution in [0.2, 0.25) is 18.1 Å². The molecule has 0 spiro atoms. The highest BCUT2D eigenvalue weighted by Crippen LogP contribution is 2.40. The summed E-state index contributed by atoms with van der Waals surface area (Å²) in [5, 5.41) is 11.5. The molecule has 0 N–H and O–H groups in total. The van der Waals surface area contributed by atoms with Crippen LogP contribution in [0.3, 0.4) is 0 Å². The maximum atomic E-state index is 13.3. The number of hydrogen-bond acceptors (Lipinski definition) is 6. The fourth-order valence-electron chi connectivity index (χ4n) is 3.35. The Morgan fingerprint density at radius 3 is 2.27 bits per heavy atom. The van der Waals surface area contributed by atoms with Crippen molar-refractivity contribution in [1.29, 1.82) is 0 Å². The van der Waals surface area contributed by atoms with Crippen LogP contribution < -0.4 is 0 Å². The number of ether oxygens (including phenoxy) is 1. The van der Waals surface area contributed by atoms with Crippen molar-refractivity contribution in [1.82, 2.24) is 4.90 Å². The smallest absolute Gasteiger partial charge is 0.331 e. The topological polar surface area (TPSA) is 99.0 Å². The quantitative estimate of drug-likeness (QED) is 0.299. The lowest BCUT2D eigenvalue weighted by Crippen LogP contribution is -2.51. The number of nitro groups is 1. The maximum absolute atomic E-state index is 13.3. The maximum Gasteiger partial charge on any atom is 0.331 e. The minimum absolute atomic E-state index is 0.0232. The first-order valence-electron chi connectivity index (χ1n) is 10.0. The lowest BCUT2D eigenvalue weighted by molar-refractivity contribution is -0.385. The number of likely N-dealkylation sites (tertiary alicyclic amines) is 1. The average Bonchev–Trinajstić information content (AvgIpc) is 3.04. The minimum Gasteiger partial charge on any atom is -0.467 e. The molecule has 0 aliphatic carbocycles. The summed E-state index contributed by atoms with van der Waals surface area (Å²) < 4.78 is 11.4. The Bertz CT molecular complexity index is 862. The standard InChI is InChI=1S/C21H32N2O6Si/c1-13-11-15(16(23(26)27)12-14(13)2)19(24)22-10-9-17(18(22)20(25)28-6)29-30(7,8)21(3,4)5/h11-12,17-18H,9-10H2,1-8H3/t17-,18-/m0/s1. The van der Waals surface area contributed by atoms with Gasteiger partial charge in [0, 0.05) is 12.6 Å². The van der Waals surface area contributed by atoms with E-state index in [-0.39, 0.29) is 22.8 Å². The molecule has 0 aromatic heterocycles. The zero-order valence-electron chi connectivity index (χ0n) is 19.1. The first kappa shape index (κ1) is 24.0. The zero-order valence-corrected chi connectivity index (χ0v) is 20.1. The van der Waals surface area contributed by atoms with Gasteiger partial charge in [0.1, 0.15) is 5.56 Å². The van der Waals surface area contributed by atoms with E-state index >= 15 is 0 Å². The van der Waals surface area contributed by atoms with E-state index in [0.29, 0.717) is 6.42 Å². The summed E-state index contributed by atoms with van der Waals surface area (Å²) in [5.41, 5.74) is 1.21. The third-order valence-corrected chi connectivity index (χ3v) is 10.8. The molecule has 1 saturated heterocycles. The van der Waals surface area contributed by atoms with E-state index in [1.54, 1.807) is 13.8 Å². The van der Waals surface area contributed by atoms with Crippen LogP contribution in [0, 0.1) is 24.0 Å². The second-order valence-electron chi connectivity index (χ2n) is 9.38. The minimum atomic E-state index is -2.21. The van der Waals surface area contributed by atoms with E-state index in [0.717, 1.165) is 11.1 Å². The van der Waals surface area contributed by atoms with Crippen molar-refractivity contribution in [3.05, 3.63) is 38.9 Å². The van der Waals surface area contributed by atoms with E-state index in [2.05, 4.69) is 33.9 Å². The Labute approximate surface area is 178 Å². The molecular weight excluding hydrogens is 404 g/mol. The van der Waals surface area contributed by atoms with Gasteiger partial charge in [-0.3, -0.25) is 14.9 Å². The molecule has 1 aliphatic heterocycles. The van der Waals surface area contributed by atoms with Crippen LogP contribution in [-0.4, -0.2) is 55.8 Å². The molecule has 0 radical (unpaired) electrons. The van der Waals surface area contributed by atoms with Gasteiger partial charge < -0.3 is 14.1 Å². The van der Waals surface area contributed by atoms with Crippen LogP contribution in [0.15, 0.2) is 12.1 Å². The van der Waals surface area contributed by atoms with Gasteiger partial charge in [0.2, 0.25) is 0 Å². The number of esters is 1. The predicted molar refractivity (Wildman–Crippen MR) is 116 cm³/mol. The average molecular weight is 437 g/mol. The number of benzene rings is 1.